The van der Waals surface area contributed by atoms with Crippen molar-refractivity contribution >= 4 is 39.2 Å². The van der Waals surface area contributed by atoms with Crippen molar-refractivity contribution in [3.63, 3.8) is 0 Å². The zero-order valence-electron chi connectivity index (χ0n) is 26.1. The van der Waals surface area contributed by atoms with Crippen molar-refractivity contribution in [2.45, 2.75) is 52.9 Å². The van der Waals surface area contributed by atoms with Gasteiger partial charge in [0.25, 0.3) is 5.91 Å². The van der Waals surface area contributed by atoms with E-state index in [2.05, 4.69) is 5.32 Å². The standard InChI is InChI=1S/C34H41N3O6S/c1-6-40-21-24-8-7-9-28(35-32(38)30-18-31-29(36(30)5)15-17-44-31)27(24)22-42-26-12-10-25(11-13-26)41-20-23-14-16-37(19-23)33(39)43-34(2,3)4/h7-13,15,17-18,23H,6,14,16,19-22H2,1-5H3,(H,35,38)/t23-/m1/s1. The molecule has 44 heavy (non-hydrogen) atoms. The zero-order valence-corrected chi connectivity index (χ0v) is 26.9. The first-order chi connectivity index (χ1) is 21.1. The van der Waals surface area contributed by atoms with Gasteiger partial charge < -0.3 is 33.7 Å². The highest BCUT2D eigenvalue weighted by Gasteiger charge is 2.30. The lowest BCUT2D eigenvalue weighted by Crippen LogP contribution is -2.35. The fourth-order valence-electron chi connectivity index (χ4n) is 5.19. The molecule has 0 unspecified atom stereocenters. The first-order valence-corrected chi connectivity index (χ1v) is 15.9. The van der Waals surface area contributed by atoms with Gasteiger partial charge in [-0.15, -0.1) is 11.3 Å². The number of ether oxygens (including phenoxy) is 4. The largest absolute Gasteiger partial charge is 0.493 e. The molecule has 10 heteroatoms. The van der Waals surface area contributed by atoms with Crippen LogP contribution in [0.1, 0.15) is 55.7 Å². The molecule has 2 aromatic heterocycles. The average molecular weight is 620 g/mol. The van der Waals surface area contributed by atoms with Crippen molar-refractivity contribution < 1.29 is 28.5 Å². The number of anilines is 1. The molecule has 0 bridgehead atoms. The van der Waals surface area contributed by atoms with E-state index in [1.165, 1.54) is 0 Å². The third kappa shape index (κ3) is 7.73. The van der Waals surface area contributed by atoms with Gasteiger partial charge >= 0.3 is 6.09 Å². The summed E-state index contributed by atoms with van der Waals surface area (Å²) in [6, 6.07) is 17.2. The molecule has 0 aliphatic carbocycles. The maximum atomic E-state index is 13.3. The summed E-state index contributed by atoms with van der Waals surface area (Å²) < 4.78 is 26.4. The molecule has 3 heterocycles. The van der Waals surface area contributed by atoms with Crippen LogP contribution in [0.25, 0.3) is 10.2 Å². The first-order valence-electron chi connectivity index (χ1n) is 15.0. The molecule has 1 saturated heterocycles. The van der Waals surface area contributed by atoms with Gasteiger partial charge in [-0.05, 0) is 87.5 Å². The predicted molar refractivity (Wildman–Crippen MR) is 173 cm³/mol. The summed E-state index contributed by atoms with van der Waals surface area (Å²) in [4.78, 5) is 27.4. The van der Waals surface area contributed by atoms with Crippen molar-refractivity contribution in [2.24, 2.45) is 13.0 Å². The van der Waals surface area contributed by atoms with E-state index in [9.17, 15) is 9.59 Å². The van der Waals surface area contributed by atoms with E-state index in [4.69, 9.17) is 18.9 Å². The molecular formula is C34H41N3O6S. The van der Waals surface area contributed by atoms with Gasteiger partial charge in [0.2, 0.25) is 0 Å². The van der Waals surface area contributed by atoms with Crippen LogP contribution < -0.4 is 14.8 Å². The van der Waals surface area contributed by atoms with Crippen molar-refractivity contribution in [3.05, 3.63) is 76.8 Å². The SMILES string of the molecule is CCOCc1cccc(NC(=O)c2cc3sccc3n2C)c1COc1ccc(OC[C@@H]2CCN(C(=O)OC(C)(C)C)C2)cc1. The number of nitrogens with zero attached hydrogens (tertiary/aromatic N) is 2. The number of rotatable bonds is 11. The topological polar surface area (TPSA) is 91.3 Å². The number of amides is 2. The molecule has 0 spiro atoms. The summed E-state index contributed by atoms with van der Waals surface area (Å²) >= 11 is 1.61. The number of fused-ring (bicyclic) bond motifs is 1. The second-order valence-corrected chi connectivity index (χ2v) is 12.9. The summed E-state index contributed by atoms with van der Waals surface area (Å²) in [5.74, 6) is 1.49. The van der Waals surface area contributed by atoms with Gasteiger partial charge in [-0.3, -0.25) is 4.79 Å². The molecular weight excluding hydrogens is 578 g/mol. The molecule has 4 aromatic rings. The van der Waals surface area contributed by atoms with Crippen LogP contribution in [-0.2, 0) is 29.7 Å². The lowest BCUT2D eigenvalue weighted by atomic mass is 10.1. The van der Waals surface area contributed by atoms with Gasteiger partial charge in [0.05, 0.1) is 23.4 Å². The maximum absolute atomic E-state index is 13.3. The Morgan fingerprint density at radius 3 is 2.48 bits per heavy atom. The van der Waals surface area contributed by atoms with Gasteiger partial charge in [0, 0.05) is 43.9 Å². The Morgan fingerprint density at radius 2 is 1.77 bits per heavy atom. The number of carbonyl (C=O) groups excluding carboxylic acids is 2. The Balaban J connectivity index is 1.19. The number of thiophene rings is 1. The summed E-state index contributed by atoms with van der Waals surface area (Å²) in [6.07, 6.45) is 0.606. The van der Waals surface area contributed by atoms with Gasteiger partial charge in [-0.1, -0.05) is 12.1 Å². The van der Waals surface area contributed by atoms with E-state index in [0.717, 1.165) is 33.5 Å². The third-order valence-corrected chi connectivity index (χ3v) is 8.36. The van der Waals surface area contributed by atoms with Crippen molar-refractivity contribution in [2.75, 3.05) is 31.6 Å². The van der Waals surface area contributed by atoms with Crippen LogP contribution in [0.15, 0.2) is 60.0 Å². The van der Waals surface area contributed by atoms with E-state index in [1.54, 1.807) is 16.2 Å². The molecule has 1 fully saturated rings. The number of hydrogen-bond donors (Lipinski definition) is 1. The molecule has 0 saturated carbocycles. The van der Waals surface area contributed by atoms with Gasteiger partial charge in [-0.2, -0.15) is 0 Å². The van der Waals surface area contributed by atoms with Crippen LogP contribution in [0.2, 0.25) is 0 Å². The summed E-state index contributed by atoms with van der Waals surface area (Å²) in [6.45, 7) is 10.6. The van der Waals surface area contributed by atoms with Crippen molar-refractivity contribution in [1.29, 1.82) is 0 Å². The highest BCUT2D eigenvalue weighted by atomic mass is 32.1. The minimum atomic E-state index is -0.504. The number of benzene rings is 2. The van der Waals surface area contributed by atoms with Crippen LogP contribution in [0.4, 0.5) is 10.5 Å². The van der Waals surface area contributed by atoms with E-state index in [0.29, 0.717) is 50.0 Å². The van der Waals surface area contributed by atoms with E-state index in [1.807, 2.05) is 99.3 Å². The van der Waals surface area contributed by atoms with Gasteiger partial charge in [0.1, 0.15) is 29.4 Å². The highest BCUT2D eigenvalue weighted by molar-refractivity contribution is 7.17. The monoisotopic (exact) mass is 619 g/mol. The first kappa shape index (κ1) is 31.4. The Morgan fingerprint density at radius 1 is 1.02 bits per heavy atom. The Kier molecular flexibility index (Phi) is 9.80. The summed E-state index contributed by atoms with van der Waals surface area (Å²) in [7, 11) is 1.90. The number of nitrogens with one attached hydrogen (secondary N) is 1. The van der Waals surface area contributed by atoms with Crippen LogP contribution in [0.3, 0.4) is 0 Å². The number of carbonyl (C=O) groups is 2. The minimum absolute atomic E-state index is 0.177. The van der Waals surface area contributed by atoms with Crippen LogP contribution in [0, 0.1) is 5.92 Å². The smallest absolute Gasteiger partial charge is 0.410 e. The normalized spacial score (nSPS) is 15.0. The van der Waals surface area contributed by atoms with Crippen molar-refractivity contribution in [1.82, 2.24) is 9.47 Å². The second-order valence-electron chi connectivity index (χ2n) is 11.9. The van der Waals surface area contributed by atoms with Gasteiger partial charge in [0.15, 0.2) is 0 Å². The van der Waals surface area contributed by atoms with E-state index < -0.39 is 5.60 Å². The minimum Gasteiger partial charge on any atom is -0.493 e. The Bertz CT molecular complexity index is 1590. The molecule has 234 valence electrons. The molecule has 9 nitrogen and oxygen atoms in total. The van der Waals surface area contributed by atoms with Crippen molar-refractivity contribution in [3.8, 4) is 11.5 Å². The summed E-state index contributed by atoms with van der Waals surface area (Å²) in [5.41, 5.74) is 3.63. The predicted octanol–water partition coefficient (Wildman–Crippen LogP) is 7.24. The fraction of sp³-hybridized carbons (Fsp3) is 0.412. The highest BCUT2D eigenvalue weighted by Crippen LogP contribution is 2.28. The molecule has 1 aliphatic rings. The molecule has 2 aromatic carbocycles. The molecule has 1 N–H and O–H groups in total. The van der Waals surface area contributed by atoms with Crippen LogP contribution in [-0.4, -0.2) is 53.4 Å². The Labute approximate surface area is 262 Å². The Hall–Kier alpha value is -4.02. The molecule has 1 atom stereocenters. The number of aromatic nitrogens is 1. The zero-order chi connectivity index (χ0) is 31.3. The lowest BCUT2D eigenvalue weighted by Gasteiger charge is -2.24. The molecule has 2 amide bonds. The second kappa shape index (κ2) is 13.7. The van der Waals surface area contributed by atoms with E-state index in [-0.39, 0.29) is 24.5 Å². The van der Waals surface area contributed by atoms with E-state index >= 15 is 0 Å². The lowest BCUT2D eigenvalue weighted by molar-refractivity contribution is 0.0284. The van der Waals surface area contributed by atoms with Gasteiger partial charge in [-0.25, -0.2) is 4.79 Å². The molecule has 1 aliphatic heterocycles. The fourth-order valence-corrected chi connectivity index (χ4v) is 6.04. The molecule has 0 radical (unpaired) electrons. The number of likely N-dealkylation sites (tertiary alicyclic amines) is 1. The number of aryl methyl sites for hydroxylation is 1. The quantitative estimate of drug-likeness (QED) is 0.190. The number of hydrogen-bond acceptors (Lipinski definition) is 7. The van der Waals surface area contributed by atoms with Crippen LogP contribution >= 0.6 is 11.3 Å². The average Bonchev–Trinajstić information content (AvgIpc) is 3.72. The summed E-state index contributed by atoms with van der Waals surface area (Å²) in [5, 5.41) is 5.12. The maximum Gasteiger partial charge on any atom is 0.410 e. The van der Waals surface area contributed by atoms with Crippen LogP contribution in [0.5, 0.6) is 11.5 Å². The molecule has 5 rings (SSSR count). The third-order valence-electron chi connectivity index (χ3n) is 7.51.